The molecular formula is C23H24FN5O3S. The van der Waals surface area contributed by atoms with E-state index >= 15 is 0 Å². The van der Waals surface area contributed by atoms with E-state index in [0.717, 1.165) is 0 Å². The van der Waals surface area contributed by atoms with Crippen molar-refractivity contribution in [3.63, 3.8) is 0 Å². The standard InChI is InChI=1S/C23H24FN5O3S/c1-4-13-29-21(15(2)25-22(31)16-5-11-19(32-3)12-6-16)27-28-23(29)33-14-20(30)26-18-9-7-17(24)8-10-18/h4-12,15H,1,13-14H2,2-3H3,(H,25,31)(H,26,30)/t15-/m1/s1. The van der Waals surface area contributed by atoms with Gasteiger partial charge >= 0.3 is 0 Å². The minimum Gasteiger partial charge on any atom is -0.497 e. The largest absolute Gasteiger partial charge is 0.497 e. The average molecular weight is 470 g/mol. The number of carbonyl (C=O) groups is 2. The van der Waals surface area contributed by atoms with Crippen LogP contribution in [0.3, 0.4) is 0 Å². The zero-order valence-corrected chi connectivity index (χ0v) is 19.1. The molecule has 0 spiro atoms. The Morgan fingerprint density at radius 1 is 1.18 bits per heavy atom. The monoisotopic (exact) mass is 469 g/mol. The Morgan fingerprint density at radius 2 is 1.88 bits per heavy atom. The third-order valence-corrected chi connectivity index (χ3v) is 5.57. The molecule has 1 aromatic heterocycles. The number of benzene rings is 2. The van der Waals surface area contributed by atoms with Crippen LogP contribution in [0.4, 0.5) is 10.1 Å². The lowest BCUT2D eigenvalue weighted by atomic mass is 10.2. The Morgan fingerprint density at radius 3 is 2.52 bits per heavy atom. The van der Waals surface area contributed by atoms with Crippen molar-refractivity contribution in [2.75, 3.05) is 18.2 Å². The van der Waals surface area contributed by atoms with Gasteiger partial charge in [0.25, 0.3) is 5.91 Å². The SMILES string of the molecule is C=CCn1c(SCC(=O)Nc2ccc(F)cc2)nnc1[C@@H](C)NC(=O)c1ccc(OC)cc1. The number of ether oxygens (including phenoxy) is 1. The highest BCUT2D eigenvalue weighted by Crippen LogP contribution is 2.22. The van der Waals surface area contributed by atoms with Crippen molar-refractivity contribution in [2.24, 2.45) is 0 Å². The lowest BCUT2D eigenvalue weighted by Gasteiger charge is -2.15. The average Bonchev–Trinajstić information content (AvgIpc) is 3.22. The quantitative estimate of drug-likeness (QED) is 0.346. The van der Waals surface area contributed by atoms with Gasteiger partial charge in [0.2, 0.25) is 5.91 Å². The summed E-state index contributed by atoms with van der Waals surface area (Å²) < 4.78 is 19.9. The van der Waals surface area contributed by atoms with Gasteiger partial charge in [0.15, 0.2) is 11.0 Å². The molecule has 1 heterocycles. The highest BCUT2D eigenvalue weighted by Gasteiger charge is 2.20. The van der Waals surface area contributed by atoms with E-state index in [4.69, 9.17) is 4.74 Å². The fraction of sp³-hybridized carbons (Fsp3) is 0.217. The van der Waals surface area contributed by atoms with Crippen LogP contribution in [-0.2, 0) is 11.3 Å². The smallest absolute Gasteiger partial charge is 0.251 e. The van der Waals surface area contributed by atoms with Gasteiger partial charge in [0.1, 0.15) is 11.6 Å². The molecule has 2 N–H and O–H groups in total. The molecule has 0 fully saturated rings. The molecule has 172 valence electrons. The van der Waals surface area contributed by atoms with E-state index in [2.05, 4.69) is 27.4 Å². The zero-order valence-electron chi connectivity index (χ0n) is 18.2. The van der Waals surface area contributed by atoms with Gasteiger partial charge in [-0.3, -0.25) is 9.59 Å². The second-order valence-corrected chi connectivity index (χ2v) is 7.95. The molecular weight excluding hydrogens is 445 g/mol. The molecule has 10 heteroatoms. The number of nitrogens with zero attached hydrogens (tertiary/aromatic N) is 3. The summed E-state index contributed by atoms with van der Waals surface area (Å²) in [5, 5.41) is 14.5. The van der Waals surface area contributed by atoms with Crippen molar-refractivity contribution in [3.05, 3.63) is 78.4 Å². The number of thioether (sulfide) groups is 1. The van der Waals surface area contributed by atoms with E-state index in [1.807, 2.05) is 0 Å². The maximum atomic E-state index is 13.0. The first-order chi connectivity index (χ1) is 15.9. The molecule has 1 atom stereocenters. The molecule has 0 aliphatic heterocycles. The number of methoxy groups -OCH3 is 1. The number of halogens is 1. The van der Waals surface area contributed by atoms with Crippen molar-refractivity contribution >= 4 is 29.3 Å². The summed E-state index contributed by atoms with van der Waals surface area (Å²) in [4.78, 5) is 24.9. The summed E-state index contributed by atoms with van der Waals surface area (Å²) in [7, 11) is 1.56. The molecule has 0 radical (unpaired) electrons. The van der Waals surface area contributed by atoms with Crippen LogP contribution in [-0.4, -0.2) is 39.4 Å². The molecule has 0 bridgehead atoms. The second-order valence-electron chi connectivity index (χ2n) is 7.01. The van der Waals surface area contributed by atoms with Gasteiger partial charge in [0.05, 0.1) is 18.9 Å². The Labute approximate surface area is 195 Å². The molecule has 33 heavy (non-hydrogen) atoms. The maximum Gasteiger partial charge on any atom is 0.251 e. The van der Waals surface area contributed by atoms with Crippen LogP contribution in [0.5, 0.6) is 5.75 Å². The van der Waals surface area contributed by atoms with E-state index in [0.29, 0.717) is 34.5 Å². The molecule has 2 amide bonds. The third-order valence-electron chi connectivity index (χ3n) is 4.60. The molecule has 3 aromatic rings. The number of rotatable bonds is 10. The first-order valence-electron chi connectivity index (χ1n) is 10.1. The molecule has 8 nitrogen and oxygen atoms in total. The Bertz CT molecular complexity index is 1120. The van der Waals surface area contributed by atoms with Gasteiger partial charge in [-0.25, -0.2) is 4.39 Å². The lowest BCUT2D eigenvalue weighted by molar-refractivity contribution is -0.113. The van der Waals surface area contributed by atoms with Crippen molar-refractivity contribution in [3.8, 4) is 5.75 Å². The number of hydrogen-bond donors (Lipinski definition) is 2. The number of hydrogen-bond acceptors (Lipinski definition) is 6. The Kier molecular flexibility index (Phi) is 8.20. The summed E-state index contributed by atoms with van der Waals surface area (Å²) in [6, 6.07) is 11.9. The fourth-order valence-corrected chi connectivity index (χ4v) is 3.73. The van der Waals surface area contributed by atoms with Gasteiger partial charge in [-0.05, 0) is 55.5 Å². The molecule has 0 aliphatic rings. The first-order valence-corrected chi connectivity index (χ1v) is 11.1. The van der Waals surface area contributed by atoms with Crippen LogP contribution < -0.4 is 15.4 Å². The summed E-state index contributed by atoms with van der Waals surface area (Å²) in [6.45, 7) is 5.98. The van der Waals surface area contributed by atoms with E-state index in [1.54, 1.807) is 48.9 Å². The van der Waals surface area contributed by atoms with Gasteiger partial charge in [0, 0.05) is 17.8 Å². The van der Waals surface area contributed by atoms with Crippen molar-refractivity contribution in [1.29, 1.82) is 0 Å². The molecule has 0 unspecified atom stereocenters. The van der Waals surface area contributed by atoms with Crippen molar-refractivity contribution in [1.82, 2.24) is 20.1 Å². The predicted molar refractivity (Wildman–Crippen MR) is 125 cm³/mol. The summed E-state index contributed by atoms with van der Waals surface area (Å²) >= 11 is 1.20. The molecule has 3 rings (SSSR count). The number of aromatic nitrogens is 3. The van der Waals surface area contributed by atoms with Gasteiger partial charge in [-0.2, -0.15) is 0 Å². The minimum absolute atomic E-state index is 0.0826. The first kappa shape index (κ1) is 24.0. The van der Waals surface area contributed by atoms with Crippen LogP contribution >= 0.6 is 11.8 Å². The maximum absolute atomic E-state index is 13.0. The number of allylic oxidation sites excluding steroid dienone is 1. The van der Waals surface area contributed by atoms with Crippen LogP contribution in [0.15, 0.2) is 66.3 Å². The van der Waals surface area contributed by atoms with Gasteiger partial charge in [-0.1, -0.05) is 17.8 Å². The molecule has 0 saturated heterocycles. The van der Waals surface area contributed by atoms with Crippen molar-refractivity contribution in [2.45, 2.75) is 24.7 Å². The van der Waals surface area contributed by atoms with Crippen LogP contribution in [0.25, 0.3) is 0 Å². The Hall–Kier alpha value is -3.66. The highest BCUT2D eigenvalue weighted by molar-refractivity contribution is 7.99. The van der Waals surface area contributed by atoms with E-state index in [9.17, 15) is 14.0 Å². The van der Waals surface area contributed by atoms with E-state index in [1.165, 1.54) is 36.0 Å². The summed E-state index contributed by atoms with van der Waals surface area (Å²) in [5.74, 6) is 0.391. The van der Waals surface area contributed by atoms with Crippen LogP contribution in [0, 0.1) is 5.82 Å². The number of amides is 2. The lowest BCUT2D eigenvalue weighted by Crippen LogP contribution is -2.28. The summed E-state index contributed by atoms with van der Waals surface area (Å²) in [6.07, 6.45) is 1.69. The normalized spacial score (nSPS) is 11.5. The van der Waals surface area contributed by atoms with Gasteiger partial charge in [-0.15, -0.1) is 16.8 Å². The predicted octanol–water partition coefficient (Wildman–Crippen LogP) is 3.83. The minimum atomic E-state index is -0.436. The Balaban J connectivity index is 1.64. The van der Waals surface area contributed by atoms with Crippen LogP contribution in [0.1, 0.15) is 29.1 Å². The third kappa shape index (κ3) is 6.42. The van der Waals surface area contributed by atoms with E-state index < -0.39 is 6.04 Å². The molecule has 2 aromatic carbocycles. The number of nitrogens with one attached hydrogen (secondary N) is 2. The number of anilines is 1. The van der Waals surface area contributed by atoms with Crippen molar-refractivity contribution < 1.29 is 18.7 Å². The molecule has 0 aliphatic carbocycles. The second kappa shape index (κ2) is 11.3. The topological polar surface area (TPSA) is 98.1 Å². The van der Waals surface area contributed by atoms with Gasteiger partial charge < -0.3 is 19.9 Å². The highest BCUT2D eigenvalue weighted by atomic mass is 32.2. The number of carbonyl (C=O) groups excluding carboxylic acids is 2. The zero-order chi connectivity index (χ0) is 23.8. The summed E-state index contributed by atoms with van der Waals surface area (Å²) in [5.41, 5.74) is 0.995. The van der Waals surface area contributed by atoms with E-state index in [-0.39, 0.29) is 23.4 Å². The molecule has 0 saturated carbocycles. The fourth-order valence-electron chi connectivity index (χ4n) is 2.98. The van der Waals surface area contributed by atoms with Crippen LogP contribution in [0.2, 0.25) is 0 Å².